The maximum Gasteiger partial charge on any atom is 0.160 e. The maximum absolute atomic E-state index is 5.20. The van der Waals surface area contributed by atoms with Gasteiger partial charge >= 0.3 is 0 Å². The summed E-state index contributed by atoms with van der Waals surface area (Å²) in [5.41, 5.74) is 17.5. The van der Waals surface area contributed by atoms with Gasteiger partial charge in [0.1, 0.15) is 0 Å². The molecule has 0 radical (unpaired) electrons. The van der Waals surface area contributed by atoms with E-state index in [9.17, 15) is 0 Å². The molecule has 1 aromatic heterocycles. The van der Waals surface area contributed by atoms with Gasteiger partial charge in [0, 0.05) is 16.7 Å². The van der Waals surface area contributed by atoms with Gasteiger partial charge in [0.15, 0.2) is 5.82 Å². The molecule has 10 rings (SSSR count). The number of fused-ring (bicyclic) bond motifs is 10. The molecule has 1 spiro atoms. The van der Waals surface area contributed by atoms with Crippen molar-refractivity contribution in [3.8, 4) is 67.3 Å². The van der Waals surface area contributed by atoms with E-state index < -0.39 is 0 Å². The van der Waals surface area contributed by atoms with E-state index in [4.69, 9.17) is 9.97 Å². The quantitative estimate of drug-likeness (QED) is 0.195. The zero-order chi connectivity index (χ0) is 32.4. The van der Waals surface area contributed by atoms with Crippen molar-refractivity contribution in [2.75, 3.05) is 0 Å². The molecule has 2 aliphatic carbocycles. The molecule has 0 saturated heterocycles. The molecule has 2 heteroatoms. The monoisotopic (exact) mass is 622 g/mol. The van der Waals surface area contributed by atoms with Crippen molar-refractivity contribution < 1.29 is 0 Å². The normalized spacial score (nSPS) is 13.1. The van der Waals surface area contributed by atoms with E-state index in [0.717, 1.165) is 33.9 Å². The molecule has 2 aliphatic rings. The lowest BCUT2D eigenvalue weighted by molar-refractivity contribution is 0.794. The number of benzene rings is 7. The van der Waals surface area contributed by atoms with Crippen molar-refractivity contribution in [3.63, 3.8) is 0 Å². The Morgan fingerprint density at radius 3 is 1.29 bits per heavy atom. The van der Waals surface area contributed by atoms with Crippen LogP contribution in [0.1, 0.15) is 22.3 Å². The highest BCUT2D eigenvalue weighted by molar-refractivity contribution is 5.96. The third kappa shape index (κ3) is 4.14. The van der Waals surface area contributed by atoms with Gasteiger partial charge in [-0.1, -0.05) is 170 Å². The predicted octanol–water partition coefficient (Wildman–Crippen LogP) is 11.5. The average molecular weight is 623 g/mol. The standard InChI is InChI=1S/C47H30N2/c1-3-13-31(14-4-1)32-23-25-33(26-24-32)44-30-45(49-46(48-44)34-15-5-2-6-16-34)35-27-28-43-39(29-35)38-19-9-12-22-42(38)47(43)40-20-10-7-17-36(40)37-18-8-11-21-41(37)47/h1-30H. The Bertz CT molecular complexity index is 2490. The van der Waals surface area contributed by atoms with Gasteiger partial charge in [0.2, 0.25) is 0 Å². The van der Waals surface area contributed by atoms with Crippen LogP contribution in [-0.4, -0.2) is 9.97 Å². The van der Waals surface area contributed by atoms with Gasteiger partial charge in [0.25, 0.3) is 0 Å². The zero-order valence-corrected chi connectivity index (χ0v) is 26.7. The summed E-state index contributed by atoms with van der Waals surface area (Å²) in [5, 5.41) is 0. The molecule has 7 aromatic carbocycles. The summed E-state index contributed by atoms with van der Waals surface area (Å²) in [5.74, 6) is 0.719. The Kier molecular flexibility index (Phi) is 6.13. The molecule has 0 fully saturated rings. The van der Waals surface area contributed by atoms with E-state index in [1.54, 1.807) is 0 Å². The molecule has 1 heterocycles. The minimum atomic E-state index is -0.357. The molecule has 0 amide bonds. The van der Waals surface area contributed by atoms with E-state index in [-0.39, 0.29) is 5.41 Å². The van der Waals surface area contributed by atoms with Crippen LogP contribution < -0.4 is 0 Å². The first-order chi connectivity index (χ1) is 24.3. The highest BCUT2D eigenvalue weighted by Crippen LogP contribution is 2.62. The van der Waals surface area contributed by atoms with Gasteiger partial charge in [-0.2, -0.15) is 0 Å². The van der Waals surface area contributed by atoms with Crippen molar-refractivity contribution >= 4 is 0 Å². The number of nitrogens with zero attached hydrogens (tertiary/aromatic N) is 2. The van der Waals surface area contributed by atoms with E-state index in [1.807, 2.05) is 24.3 Å². The lowest BCUT2D eigenvalue weighted by Crippen LogP contribution is -2.25. The van der Waals surface area contributed by atoms with Crippen LogP contribution in [0.3, 0.4) is 0 Å². The number of aromatic nitrogens is 2. The third-order valence-electron chi connectivity index (χ3n) is 10.3. The van der Waals surface area contributed by atoms with Crippen LogP contribution in [0.25, 0.3) is 67.3 Å². The minimum absolute atomic E-state index is 0.357. The topological polar surface area (TPSA) is 25.8 Å². The molecule has 0 atom stereocenters. The van der Waals surface area contributed by atoms with Gasteiger partial charge < -0.3 is 0 Å². The smallest absolute Gasteiger partial charge is 0.160 e. The van der Waals surface area contributed by atoms with Gasteiger partial charge in [0.05, 0.1) is 16.8 Å². The van der Waals surface area contributed by atoms with Crippen LogP contribution in [0.15, 0.2) is 182 Å². The molecule has 0 unspecified atom stereocenters. The summed E-state index contributed by atoms with van der Waals surface area (Å²) in [6, 6.07) is 65.4. The first kappa shape index (κ1) is 27.7. The lowest BCUT2D eigenvalue weighted by Gasteiger charge is -2.30. The van der Waals surface area contributed by atoms with Crippen LogP contribution in [0, 0.1) is 0 Å². The summed E-state index contributed by atoms with van der Waals surface area (Å²) in [7, 11) is 0. The summed E-state index contributed by atoms with van der Waals surface area (Å²) >= 11 is 0. The van der Waals surface area contributed by atoms with Crippen LogP contribution in [-0.2, 0) is 5.41 Å². The number of rotatable bonds is 4. The predicted molar refractivity (Wildman–Crippen MR) is 200 cm³/mol. The lowest BCUT2D eigenvalue weighted by atomic mass is 9.70. The third-order valence-corrected chi connectivity index (χ3v) is 10.3. The highest BCUT2D eigenvalue weighted by Gasteiger charge is 2.51. The van der Waals surface area contributed by atoms with Crippen LogP contribution in [0.5, 0.6) is 0 Å². The van der Waals surface area contributed by atoms with E-state index in [1.165, 1.54) is 55.6 Å². The molecule has 228 valence electrons. The highest BCUT2D eigenvalue weighted by atomic mass is 14.9. The largest absolute Gasteiger partial charge is 0.228 e. The molecule has 8 aromatic rings. The molecular weight excluding hydrogens is 593 g/mol. The second-order valence-corrected chi connectivity index (χ2v) is 12.9. The van der Waals surface area contributed by atoms with Crippen molar-refractivity contribution in [1.29, 1.82) is 0 Å². The summed E-state index contributed by atoms with van der Waals surface area (Å²) in [6.45, 7) is 0. The van der Waals surface area contributed by atoms with E-state index >= 15 is 0 Å². The van der Waals surface area contributed by atoms with E-state index in [0.29, 0.717) is 0 Å². The molecule has 0 N–H and O–H groups in total. The average Bonchev–Trinajstić information content (AvgIpc) is 3.65. The van der Waals surface area contributed by atoms with Gasteiger partial charge in [-0.3, -0.25) is 0 Å². The first-order valence-electron chi connectivity index (χ1n) is 16.8. The van der Waals surface area contributed by atoms with Crippen molar-refractivity contribution in [2.45, 2.75) is 5.41 Å². The fourth-order valence-corrected chi connectivity index (χ4v) is 8.18. The molecule has 0 bridgehead atoms. The zero-order valence-electron chi connectivity index (χ0n) is 26.7. The van der Waals surface area contributed by atoms with Crippen molar-refractivity contribution in [2.24, 2.45) is 0 Å². The molecule has 2 nitrogen and oxygen atoms in total. The Morgan fingerprint density at radius 1 is 0.286 bits per heavy atom. The second-order valence-electron chi connectivity index (χ2n) is 12.9. The fourth-order valence-electron chi connectivity index (χ4n) is 8.18. The summed E-state index contributed by atoms with van der Waals surface area (Å²) < 4.78 is 0. The minimum Gasteiger partial charge on any atom is -0.228 e. The number of hydrogen-bond acceptors (Lipinski definition) is 2. The first-order valence-corrected chi connectivity index (χ1v) is 16.8. The Hall–Kier alpha value is -6.38. The second kappa shape index (κ2) is 10.8. The van der Waals surface area contributed by atoms with Crippen LogP contribution >= 0.6 is 0 Å². The van der Waals surface area contributed by atoms with Crippen molar-refractivity contribution in [1.82, 2.24) is 9.97 Å². The molecular formula is C47H30N2. The van der Waals surface area contributed by atoms with E-state index in [2.05, 4.69) is 158 Å². The Morgan fingerprint density at radius 2 is 0.694 bits per heavy atom. The van der Waals surface area contributed by atoms with Crippen LogP contribution in [0.4, 0.5) is 0 Å². The van der Waals surface area contributed by atoms with Gasteiger partial charge in [-0.15, -0.1) is 0 Å². The molecule has 49 heavy (non-hydrogen) atoms. The number of hydrogen-bond donors (Lipinski definition) is 0. The molecule has 0 aliphatic heterocycles. The van der Waals surface area contributed by atoms with Crippen molar-refractivity contribution in [3.05, 3.63) is 204 Å². The Labute approximate surface area is 286 Å². The van der Waals surface area contributed by atoms with Crippen LogP contribution in [0.2, 0.25) is 0 Å². The molecule has 0 saturated carbocycles. The summed E-state index contributed by atoms with van der Waals surface area (Å²) in [4.78, 5) is 10.3. The summed E-state index contributed by atoms with van der Waals surface area (Å²) in [6.07, 6.45) is 0. The Balaban J connectivity index is 1.16. The maximum atomic E-state index is 5.20. The van der Waals surface area contributed by atoms with Gasteiger partial charge in [-0.05, 0) is 67.8 Å². The van der Waals surface area contributed by atoms with Gasteiger partial charge in [-0.25, -0.2) is 9.97 Å². The fraction of sp³-hybridized carbons (Fsp3) is 0.0213. The SMILES string of the molecule is c1ccc(-c2ccc(-c3cc(-c4ccc5c(c4)-c4ccccc4C54c5ccccc5-c5ccccc54)nc(-c4ccccc4)n3)cc2)cc1.